The fraction of sp³-hybridized carbons (Fsp3) is 0.179. The van der Waals surface area contributed by atoms with E-state index in [9.17, 15) is 9.59 Å². The van der Waals surface area contributed by atoms with E-state index in [-0.39, 0.29) is 11.7 Å². The zero-order chi connectivity index (χ0) is 25.8. The van der Waals surface area contributed by atoms with Gasteiger partial charge in [-0.1, -0.05) is 19.6 Å². The van der Waals surface area contributed by atoms with E-state index in [0.717, 1.165) is 6.42 Å². The molecular weight excluding hydrogens is 460 g/mol. The van der Waals surface area contributed by atoms with Gasteiger partial charge < -0.3 is 18.9 Å². The van der Waals surface area contributed by atoms with Crippen LogP contribution >= 0.6 is 0 Å². The van der Waals surface area contributed by atoms with Crippen LogP contribution in [0.4, 0.5) is 0 Å². The van der Waals surface area contributed by atoms with Crippen molar-refractivity contribution in [3.05, 3.63) is 96.1 Å². The first kappa shape index (κ1) is 26.0. The Morgan fingerprint density at radius 2 is 1.58 bits per heavy atom. The molecule has 3 rings (SSSR count). The predicted octanol–water partition coefficient (Wildman–Crippen LogP) is 5.03. The summed E-state index contributed by atoms with van der Waals surface area (Å²) in [4.78, 5) is 24.8. The average molecular weight is 489 g/mol. The Morgan fingerprint density at radius 3 is 2.22 bits per heavy atom. The second-order valence-corrected chi connectivity index (χ2v) is 7.50. The molecule has 0 aliphatic heterocycles. The molecule has 1 N–H and O–H groups in total. The maximum atomic E-state index is 12.5. The third-order valence-corrected chi connectivity index (χ3v) is 4.82. The summed E-state index contributed by atoms with van der Waals surface area (Å²) in [6.07, 6.45) is 4.00. The quantitative estimate of drug-likeness (QED) is 0.126. The summed E-state index contributed by atoms with van der Waals surface area (Å²) in [6.45, 7) is 6.61. The largest absolute Gasteiger partial charge is 0.494 e. The molecule has 8 nitrogen and oxygen atoms in total. The van der Waals surface area contributed by atoms with E-state index in [1.807, 2.05) is 6.92 Å². The second kappa shape index (κ2) is 13.3. The number of nitrogens with one attached hydrogen (secondary N) is 1. The molecule has 8 heteroatoms. The Hall–Kier alpha value is -4.59. The van der Waals surface area contributed by atoms with Gasteiger partial charge in [-0.05, 0) is 78.7 Å². The van der Waals surface area contributed by atoms with Crippen LogP contribution in [0.25, 0.3) is 0 Å². The van der Waals surface area contributed by atoms with Crippen LogP contribution in [0.2, 0.25) is 0 Å². The van der Waals surface area contributed by atoms with Crippen LogP contribution in [-0.2, 0) is 0 Å². The van der Waals surface area contributed by atoms with Crippen LogP contribution in [0.15, 0.2) is 84.5 Å². The topological polar surface area (TPSA) is 95.5 Å². The maximum Gasteiger partial charge on any atom is 0.343 e. The number of carbonyl (C=O) groups excluding carboxylic acids is 2. The van der Waals surface area contributed by atoms with Crippen molar-refractivity contribution >= 4 is 18.1 Å². The van der Waals surface area contributed by atoms with Gasteiger partial charge >= 0.3 is 5.97 Å². The molecule has 36 heavy (non-hydrogen) atoms. The molecule has 0 radical (unpaired) electrons. The van der Waals surface area contributed by atoms with Crippen LogP contribution in [0.5, 0.6) is 23.0 Å². The number of ether oxygens (including phenoxy) is 4. The highest BCUT2D eigenvalue weighted by Crippen LogP contribution is 2.28. The summed E-state index contributed by atoms with van der Waals surface area (Å²) in [5.41, 5.74) is 3.92. The van der Waals surface area contributed by atoms with Gasteiger partial charge in [0.05, 0.1) is 25.5 Å². The highest BCUT2D eigenvalue weighted by Gasteiger charge is 2.13. The number of hydrogen-bond donors (Lipinski definition) is 1. The minimum atomic E-state index is -0.523. The van der Waals surface area contributed by atoms with E-state index in [1.54, 1.807) is 72.8 Å². The summed E-state index contributed by atoms with van der Waals surface area (Å²) < 4.78 is 21.8. The number of hydrazone groups is 1. The fourth-order valence-electron chi connectivity index (χ4n) is 3.00. The van der Waals surface area contributed by atoms with Crippen LogP contribution < -0.4 is 24.4 Å². The van der Waals surface area contributed by atoms with Crippen molar-refractivity contribution in [3.8, 4) is 23.0 Å². The molecule has 0 fully saturated rings. The first-order valence-corrected chi connectivity index (χ1v) is 11.3. The number of esters is 1. The van der Waals surface area contributed by atoms with Crippen molar-refractivity contribution in [2.45, 2.75) is 13.3 Å². The third-order valence-electron chi connectivity index (χ3n) is 4.82. The first-order valence-electron chi connectivity index (χ1n) is 11.3. The molecule has 0 unspecified atom stereocenters. The molecule has 0 aromatic heterocycles. The SMILES string of the molecule is C=CCOc1ccc(C(=O)NN=Cc2ccc(OC(=O)c3ccc(OCCC)cc3)c(OC)c2)cc1. The van der Waals surface area contributed by atoms with Gasteiger partial charge in [0.15, 0.2) is 11.5 Å². The molecule has 0 saturated heterocycles. The smallest absolute Gasteiger partial charge is 0.343 e. The number of hydrogen-bond acceptors (Lipinski definition) is 7. The Kier molecular flexibility index (Phi) is 9.64. The van der Waals surface area contributed by atoms with Crippen LogP contribution in [-0.4, -0.2) is 38.4 Å². The summed E-state index contributed by atoms with van der Waals surface area (Å²) >= 11 is 0. The molecular formula is C28H28N2O6. The van der Waals surface area contributed by atoms with E-state index in [1.165, 1.54) is 13.3 Å². The van der Waals surface area contributed by atoms with Crippen molar-refractivity contribution < 1.29 is 28.5 Å². The molecule has 186 valence electrons. The van der Waals surface area contributed by atoms with Gasteiger partial charge in [0, 0.05) is 5.56 Å². The van der Waals surface area contributed by atoms with Crippen molar-refractivity contribution in [1.29, 1.82) is 0 Å². The maximum absolute atomic E-state index is 12.5. The van der Waals surface area contributed by atoms with Gasteiger partial charge in [-0.2, -0.15) is 5.10 Å². The van der Waals surface area contributed by atoms with Gasteiger partial charge in [-0.3, -0.25) is 4.79 Å². The zero-order valence-corrected chi connectivity index (χ0v) is 20.2. The van der Waals surface area contributed by atoms with Gasteiger partial charge in [-0.25, -0.2) is 10.2 Å². The van der Waals surface area contributed by atoms with Gasteiger partial charge in [0.1, 0.15) is 18.1 Å². The molecule has 3 aromatic rings. The Balaban J connectivity index is 1.59. The average Bonchev–Trinajstić information content (AvgIpc) is 2.91. The zero-order valence-electron chi connectivity index (χ0n) is 20.2. The third kappa shape index (κ3) is 7.46. The Labute approximate surface area is 210 Å². The summed E-state index contributed by atoms with van der Waals surface area (Å²) in [7, 11) is 1.47. The van der Waals surface area contributed by atoms with E-state index in [0.29, 0.717) is 47.2 Å². The van der Waals surface area contributed by atoms with Crippen LogP contribution in [0, 0.1) is 0 Å². The minimum Gasteiger partial charge on any atom is -0.494 e. The molecule has 0 bridgehead atoms. The van der Waals surface area contributed by atoms with Crippen LogP contribution in [0.3, 0.4) is 0 Å². The number of amides is 1. The summed E-state index contributed by atoms with van der Waals surface area (Å²) in [5.74, 6) is 1.04. The monoisotopic (exact) mass is 488 g/mol. The lowest BCUT2D eigenvalue weighted by Crippen LogP contribution is -2.17. The fourth-order valence-corrected chi connectivity index (χ4v) is 3.00. The van der Waals surface area contributed by atoms with E-state index >= 15 is 0 Å². The molecule has 0 spiro atoms. The number of methoxy groups -OCH3 is 1. The standard InChI is InChI=1S/C28H28N2O6/c1-4-16-34-23-11-7-21(8-12-23)27(31)30-29-19-20-6-15-25(26(18-20)33-3)36-28(32)22-9-13-24(14-10-22)35-17-5-2/h4,6-15,18-19H,1,5,16-17H2,2-3H3,(H,30,31). The van der Waals surface area contributed by atoms with E-state index < -0.39 is 5.97 Å². The number of benzene rings is 3. The van der Waals surface area contributed by atoms with Crippen molar-refractivity contribution in [2.24, 2.45) is 5.10 Å². The van der Waals surface area contributed by atoms with Gasteiger partial charge in [0.25, 0.3) is 5.91 Å². The van der Waals surface area contributed by atoms with Gasteiger partial charge in [0.2, 0.25) is 0 Å². The van der Waals surface area contributed by atoms with E-state index in [4.69, 9.17) is 18.9 Å². The van der Waals surface area contributed by atoms with E-state index in [2.05, 4.69) is 17.1 Å². The van der Waals surface area contributed by atoms with Crippen molar-refractivity contribution in [3.63, 3.8) is 0 Å². The second-order valence-electron chi connectivity index (χ2n) is 7.50. The Morgan fingerprint density at radius 1 is 0.917 bits per heavy atom. The molecule has 1 amide bonds. The van der Waals surface area contributed by atoms with Crippen molar-refractivity contribution in [1.82, 2.24) is 5.43 Å². The van der Waals surface area contributed by atoms with Gasteiger partial charge in [-0.15, -0.1) is 0 Å². The normalized spacial score (nSPS) is 10.5. The lowest BCUT2D eigenvalue weighted by molar-refractivity contribution is 0.0729. The lowest BCUT2D eigenvalue weighted by Gasteiger charge is -2.10. The molecule has 0 atom stereocenters. The number of rotatable bonds is 12. The lowest BCUT2D eigenvalue weighted by atomic mass is 10.2. The molecule has 0 heterocycles. The summed E-state index contributed by atoms with van der Waals surface area (Å²) in [6, 6.07) is 18.3. The molecule has 0 aliphatic rings. The minimum absolute atomic E-state index is 0.258. The predicted molar refractivity (Wildman–Crippen MR) is 137 cm³/mol. The molecule has 0 saturated carbocycles. The van der Waals surface area contributed by atoms with Crippen molar-refractivity contribution in [2.75, 3.05) is 20.3 Å². The first-order chi connectivity index (χ1) is 17.5. The summed E-state index contributed by atoms with van der Waals surface area (Å²) in [5, 5.41) is 3.99. The number of carbonyl (C=O) groups is 2. The highest BCUT2D eigenvalue weighted by molar-refractivity contribution is 5.95. The highest BCUT2D eigenvalue weighted by atomic mass is 16.6. The molecule has 3 aromatic carbocycles. The van der Waals surface area contributed by atoms with Crippen LogP contribution in [0.1, 0.15) is 39.6 Å². The molecule has 0 aliphatic carbocycles. The Bertz CT molecular complexity index is 1200. The number of nitrogens with zero attached hydrogens (tertiary/aromatic N) is 1.